The first kappa shape index (κ1) is 23.3. The summed E-state index contributed by atoms with van der Waals surface area (Å²) >= 11 is 0. The molecule has 1 aliphatic rings. The average Bonchev–Trinajstić information content (AvgIpc) is 3.12. The average molecular weight is 428 g/mol. The molecule has 7 heteroatoms. The fourth-order valence-electron chi connectivity index (χ4n) is 3.60. The van der Waals surface area contributed by atoms with Crippen molar-refractivity contribution in [2.24, 2.45) is 0 Å². The molecule has 1 saturated heterocycles. The van der Waals surface area contributed by atoms with E-state index in [2.05, 4.69) is 81.3 Å². The third kappa shape index (κ3) is 6.55. The third-order valence-electron chi connectivity index (χ3n) is 5.32. The zero-order chi connectivity index (χ0) is 22.6. The molecule has 0 spiro atoms. The molecular formula is C24H37N5O2. The van der Waals surface area contributed by atoms with Gasteiger partial charge in [0.15, 0.2) is 0 Å². The summed E-state index contributed by atoms with van der Waals surface area (Å²) < 4.78 is 7.75. The molecule has 0 aliphatic carbocycles. The van der Waals surface area contributed by atoms with Crippen LogP contribution in [-0.4, -0.2) is 53.1 Å². The number of amides is 2. The van der Waals surface area contributed by atoms with Crippen LogP contribution in [0.1, 0.15) is 52.8 Å². The Morgan fingerprint density at radius 2 is 1.87 bits per heavy atom. The van der Waals surface area contributed by atoms with Gasteiger partial charge in [0.05, 0.1) is 23.9 Å². The summed E-state index contributed by atoms with van der Waals surface area (Å²) in [5.41, 5.74) is 1.90. The van der Waals surface area contributed by atoms with Gasteiger partial charge in [-0.15, -0.1) is 0 Å². The van der Waals surface area contributed by atoms with Crippen LogP contribution in [-0.2, 0) is 22.2 Å². The summed E-state index contributed by atoms with van der Waals surface area (Å²) in [5.74, 6) is 0.699. The number of aromatic nitrogens is 2. The minimum atomic E-state index is -0.241. The van der Waals surface area contributed by atoms with Crippen molar-refractivity contribution < 1.29 is 9.53 Å². The summed E-state index contributed by atoms with van der Waals surface area (Å²) in [6.07, 6.45) is -0.0270. The van der Waals surface area contributed by atoms with Gasteiger partial charge in [0, 0.05) is 37.7 Å². The monoisotopic (exact) mass is 427 g/mol. The number of hydrogen-bond acceptors (Lipinski definition) is 4. The number of benzene rings is 1. The number of carbonyl (C=O) groups is 1. The van der Waals surface area contributed by atoms with Gasteiger partial charge in [-0.2, -0.15) is 5.10 Å². The van der Waals surface area contributed by atoms with E-state index in [1.165, 1.54) is 5.56 Å². The Balaban J connectivity index is 1.56. The van der Waals surface area contributed by atoms with Gasteiger partial charge in [-0.3, -0.25) is 10.2 Å². The van der Waals surface area contributed by atoms with Crippen LogP contribution in [0.15, 0.2) is 36.4 Å². The quantitative estimate of drug-likeness (QED) is 0.758. The van der Waals surface area contributed by atoms with Crippen LogP contribution in [0.3, 0.4) is 0 Å². The molecule has 0 radical (unpaired) electrons. The molecule has 0 bridgehead atoms. The molecule has 1 aromatic carbocycles. The van der Waals surface area contributed by atoms with Crippen molar-refractivity contribution in [1.29, 1.82) is 0 Å². The summed E-state index contributed by atoms with van der Waals surface area (Å²) in [4.78, 5) is 15.0. The first-order chi connectivity index (χ1) is 14.5. The maximum Gasteiger partial charge on any atom is 0.320 e. The Hall–Kier alpha value is -2.38. The van der Waals surface area contributed by atoms with Crippen molar-refractivity contribution in [3.8, 4) is 0 Å². The zero-order valence-corrected chi connectivity index (χ0v) is 19.7. The van der Waals surface area contributed by atoms with E-state index in [1.54, 1.807) is 0 Å². The predicted octanol–water partition coefficient (Wildman–Crippen LogP) is 3.96. The zero-order valence-electron chi connectivity index (χ0n) is 19.7. The van der Waals surface area contributed by atoms with Crippen molar-refractivity contribution in [2.75, 3.05) is 31.6 Å². The van der Waals surface area contributed by atoms with E-state index >= 15 is 0 Å². The lowest BCUT2D eigenvalue weighted by Gasteiger charge is -2.33. The van der Waals surface area contributed by atoms with Gasteiger partial charge in [-0.05, 0) is 26.3 Å². The second-order valence-electron chi connectivity index (χ2n) is 10.3. The van der Waals surface area contributed by atoms with E-state index < -0.39 is 0 Å². The largest absolute Gasteiger partial charge is 0.374 e. The van der Waals surface area contributed by atoms with Gasteiger partial charge in [0.25, 0.3) is 0 Å². The number of hydrogen-bond donors (Lipinski definition) is 2. The molecule has 3 rings (SSSR count). The lowest BCUT2D eigenvalue weighted by atomic mass is 9.92. The highest BCUT2D eigenvalue weighted by Crippen LogP contribution is 2.28. The number of anilines is 1. The molecule has 170 valence electrons. The van der Waals surface area contributed by atoms with Crippen molar-refractivity contribution in [3.05, 3.63) is 47.7 Å². The second kappa shape index (κ2) is 9.40. The number of carbonyl (C=O) groups excluding carboxylic acids is 1. The number of morpholine rings is 1. The summed E-state index contributed by atoms with van der Waals surface area (Å²) in [6.45, 7) is 16.3. The molecule has 2 aromatic rings. The van der Waals surface area contributed by atoms with Gasteiger partial charge >= 0.3 is 6.03 Å². The molecule has 7 nitrogen and oxygen atoms in total. The lowest BCUT2D eigenvalue weighted by Crippen LogP contribution is -2.47. The summed E-state index contributed by atoms with van der Waals surface area (Å²) in [6, 6.07) is 12.2. The van der Waals surface area contributed by atoms with Crippen molar-refractivity contribution >= 4 is 11.8 Å². The van der Waals surface area contributed by atoms with E-state index in [0.29, 0.717) is 19.0 Å². The maximum atomic E-state index is 12.6. The Kier molecular flexibility index (Phi) is 7.06. The minimum Gasteiger partial charge on any atom is -0.374 e. The molecular weight excluding hydrogens is 390 g/mol. The van der Waals surface area contributed by atoms with Crippen LogP contribution in [0, 0.1) is 0 Å². The Morgan fingerprint density at radius 1 is 1.16 bits per heavy atom. The topological polar surface area (TPSA) is 71.4 Å². The molecule has 1 aromatic heterocycles. The van der Waals surface area contributed by atoms with Gasteiger partial charge in [-0.1, -0.05) is 51.1 Å². The highest BCUT2D eigenvalue weighted by Gasteiger charge is 2.26. The maximum absolute atomic E-state index is 12.6. The van der Waals surface area contributed by atoms with Gasteiger partial charge in [0.1, 0.15) is 5.82 Å². The number of urea groups is 1. The second-order valence-corrected chi connectivity index (χ2v) is 10.3. The van der Waals surface area contributed by atoms with Crippen LogP contribution in [0.4, 0.5) is 10.6 Å². The molecule has 1 atom stereocenters. The van der Waals surface area contributed by atoms with E-state index in [-0.39, 0.29) is 23.1 Å². The van der Waals surface area contributed by atoms with Crippen molar-refractivity contribution in [1.82, 2.24) is 20.0 Å². The molecule has 1 aliphatic heterocycles. The molecule has 1 fully saturated rings. The lowest BCUT2D eigenvalue weighted by molar-refractivity contribution is -0.0285. The van der Waals surface area contributed by atoms with Crippen LogP contribution in [0.5, 0.6) is 0 Å². The first-order valence-electron chi connectivity index (χ1n) is 11.1. The Bertz CT molecular complexity index is 864. The number of ether oxygens (including phenoxy) is 1. The minimum absolute atomic E-state index is 0.0270. The van der Waals surface area contributed by atoms with E-state index in [1.807, 2.05) is 16.8 Å². The van der Waals surface area contributed by atoms with E-state index in [9.17, 15) is 4.79 Å². The SMILES string of the molecule is CC(C)(C)c1cc(NC(=O)NCC2CN(Cc3ccccc3)CCO2)n(C(C)(C)C)n1. The molecule has 31 heavy (non-hydrogen) atoms. The van der Waals surface area contributed by atoms with Gasteiger partial charge in [0.2, 0.25) is 0 Å². The Labute approximate surface area is 186 Å². The highest BCUT2D eigenvalue weighted by atomic mass is 16.5. The van der Waals surface area contributed by atoms with E-state index in [4.69, 9.17) is 9.84 Å². The molecule has 2 heterocycles. The predicted molar refractivity (Wildman–Crippen MR) is 124 cm³/mol. The fourth-order valence-corrected chi connectivity index (χ4v) is 3.60. The number of rotatable bonds is 5. The molecule has 0 saturated carbocycles. The molecule has 1 unspecified atom stereocenters. The van der Waals surface area contributed by atoms with Crippen LogP contribution >= 0.6 is 0 Å². The summed E-state index contributed by atoms with van der Waals surface area (Å²) in [5, 5.41) is 10.7. The smallest absolute Gasteiger partial charge is 0.320 e. The van der Waals surface area contributed by atoms with E-state index in [0.717, 1.165) is 25.3 Å². The van der Waals surface area contributed by atoms with Crippen LogP contribution in [0.25, 0.3) is 0 Å². The third-order valence-corrected chi connectivity index (χ3v) is 5.32. The molecule has 2 amide bonds. The Morgan fingerprint density at radius 3 is 2.52 bits per heavy atom. The van der Waals surface area contributed by atoms with Gasteiger partial charge < -0.3 is 10.1 Å². The normalized spacial score (nSPS) is 18.1. The van der Waals surface area contributed by atoms with Crippen molar-refractivity contribution in [2.45, 2.75) is 65.1 Å². The number of nitrogens with one attached hydrogen (secondary N) is 2. The van der Waals surface area contributed by atoms with Gasteiger partial charge in [-0.25, -0.2) is 9.48 Å². The van der Waals surface area contributed by atoms with Crippen LogP contribution < -0.4 is 10.6 Å². The fraction of sp³-hybridized carbons (Fsp3) is 0.583. The number of nitrogens with zero attached hydrogens (tertiary/aromatic N) is 3. The summed E-state index contributed by atoms with van der Waals surface area (Å²) in [7, 11) is 0. The highest BCUT2D eigenvalue weighted by molar-refractivity contribution is 5.88. The van der Waals surface area contributed by atoms with Crippen molar-refractivity contribution in [3.63, 3.8) is 0 Å². The standard InChI is InChI=1S/C24H37N5O2/c1-23(2,3)20-14-21(29(27-20)24(4,5)6)26-22(30)25-15-19-17-28(12-13-31-19)16-18-10-8-7-9-11-18/h7-11,14,19H,12-13,15-17H2,1-6H3,(H2,25,26,30). The van der Waals surface area contributed by atoms with Crippen LogP contribution in [0.2, 0.25) is 0 Å². The molecule has 2 N–H and O–H groups in total. The first-order valence-corrected chi connectivity index (χ1v) is 11.1.